The minimum atomic E-state index is -0.963. The second kappa shape index (κ2) is 5.94. The van der Waals surface area contributed by atoms with Crippen molar-refractivity contribution in [3.63, 3.8) is 0 Å². The van der Waals surface area contributed by atoms with E-state index in [-0.39, 0.29) is 4.99 Å². The molecule has 0 atom stereocenters. The van der Waals surface area contributed by atoms with Crippen LogP contribution < -0.4 is 0 Å². The van der Waals surface area contributed by atoms with Crippen LogP contribution in [-0.2, 0) is 0 Å². The minimum absolute atomic E-state index is 0.336. The smallest absolute Gasteiger partial charge is 0.257 e. The van der Waals surface area contributed by atoms with Crippen molar-refractivity contribution in [3.8, 4) is 6.07 Å². The lowest BCUT2D eigenvalue weighted by atomic mass is 10.4. The maximum atomic E-state index is 11.1. The molecule has 0 spiro atoms. The van der Waals surface area contributed by atoms with Crippen LogP contribution in [0, 0.1) is 21.4 Å². The van der Waals surface area contributed by atoms with Crippen LogP contribution in [0.15, 0.2) is 70.5 Å². The first-order valence-electron chi connectivity index (χ1n) is 5.50. The minimum Gasteiger partial charge on any atom is -0.257 e. The largest absolute Gasteiger partial charge is 0.379 e. The Kier molecular flexibility index (Phi) is 4.06. The first-order valence-corrected chi connectivity index (χ1v) is 6.72. The number of rotatable bonds is 2. The molecule has 0 heterocycles. The average molecular weight is 270 g/mol. The maximum Gasteiger partial charge on any atom is 0.379 e. The predicted octanol–water partition coefficient (Wildman–Crippen LogP) is 3.30. The van der Waals surface area contributed by atoms with E-state index in [1.54, 1.807) is 30.3 Å². The van der Waals surface area contributed by atoms with Crippen molar-refractivity contribution in [1.82, 2.24) is 0 Å². The van der Waals surface area contributed by atoms with Crippen molar-refractivity contribution in [2.75, 3.05) is 0 Å². The van der Waals surface area contributed by atoms with Gasteiger partial charge in [-0.15, -0.1) is 0 Å². The van der Waals surface area contributed by atoms with E-state index in [1.807, 2.05) is 36.4 Å². The van der Waals surface area contributed by atoms with Gasteiger partial charge in [-0.3, -0.25) is 10.1 Å². The molecule has 2 aromatic rings. The van der Waals surface area contributed by atoms with E-state index in [2.05, 4.69) is 0 Å². The molecular formula is C14H10N2O2S. The molecule has 0 aliphatic rings. The van der Waals surface area contributed by atoms with E-state index in [0.717, 1.165) is 9.79 Å². The highest BCUT2D eigenvalue weighted by Gasteiger charge is 2.19. The number of nitriles is 1. The van der Waals surface area contributed by atoms with Crippen LogP contribution in [-0.4, -0.2) is 9.91 Å². The molecule has 0 fully saturated rings. The summed E-state index contributed by atoms with van der Waals surface area (Å²) in [4.78, 5) is 11.7. The zero-order valence-electron chi connectivity index (χ0n) is 9.89. The molecule has 19 heavy (non-hydrogen) atoms. The van der Waals surface area contributed by atoms with Gasteiger partial charge in [0.25, 0.3) is 0 Å². The second-order valence-electron chi connectivity index (χ2n) is 3.61. The highest BCUT2D eigenvalue weighted by Crippen LogP contribution is 2.36. The third-order valence-corrected chi connectivity index (χ3v) is 4.53. The quantitative estimate of drug-likeness (QED) is 0.477. The Labute approximate surface area is 113 Å². The summed E-state index contributed by atoms with van der Waals surface area (Å²) in [5.41, 5.74) is 0. The van der Waals surface area contributed by atoms with E-state index < -0.39 is 15.4 Å². The highest BCUT2D eigenvalue weighted by molar-refractivity contribution is 8.16. The van der Waals surface area contributed by atoms with Crippen LogP contribution in [0.25, 0.3) is 0 Å². The van der Waals surface area contributed by atoms with Gasteiger partial charge in [0, 0.05) is 9.79 Å². The van der Waals surface area contributed by atoms with E-state index in [0.29, 0.717) is 0 Å². The van der Waals surface area contributed by atoms with Gasteiger partial charge in [0.1, 0.15) is 0 Å². The predicted molar refractivity (Wildman–Crippen MR) is 74.6 cm³/mol. The van der Waals surface area contributed by atoms with Crippen LogP contribution in [0.5, 0.6) is 0 Å². The lowest BCUT2D eigenvalue weighted by Gasteiger charge is -2.08. The molecule has 4 nitrogen and oxygen atoms in total. The molecule has 0 amide bonds. The Balaban J connectivity index is 2.73. The summed E-state index contributed by atoms with van der Waals surface area (Å²) in [5, 5.41) is 20.1. The average Bonchev–Trinajstić information content (AvgIpc) is 2.46. The Bertz CT molecular complexity index is 619. The Morgan fingerprint density at radius 2 is 1.42 bits per heavy atom. The molecule has 2 aromatic carbocycles. The van der Waals surface area contributed by atoms with E-state index >= 15 is 0 Å². The molecule has 0 aromatic heterocycles. The Morgan fingerprint density at radius 1 is 1.00 bits per heavy atom. The molecule has 0 N–H and O–H groups in total. The summed E-state index contributed by atoms with van der Waals surface area (Å²) in [6, 6.07) is 19.9. The standard InChI is InChI=1S/C14H10N2O2S/c15-11-14(16(17)18)19(12-7-3-1-4-8-12)13-9-5-2-6-10-13/h1-10H. The topological polar surface area (TPSA) is 66.9 Å². The zero-order valence-corrected chi connectivity index (χ0v) is 10.7. The molecule has 0 aliphatic heterocycles. The molecule has 5 heteroatoms. The summed E-state index contributed by atoms with van der Waals surface area (Å²) >= 11 is 0. The molecule has 0 aliphatic carbocycles. The van der Waals surface area contributed by atoms with Crippen LogP contribution in [0.3, 0.4) is 0 Å². The number of benzene rings is 2. The van der Waals surface area contributed by atoms with Gasteiger partial charge in [0.15, 0.2) is 6.07 Å². The van der Waals surface area contributed by atoms with Gasteiger partial charge in [-0.25, -0.2) is 0 Å². The van der Waals surface area contributed by atoms with Gasteiger partial charge >= 0.3 is 4.99 Å². The fraction of sp³-hybridized carbons (Fsp3) is 0. The molecule has 0 saturated heterocycles. The second-order valence-corrected chi connectivity index (χ2v) is 5.55. The van der Waals surface area contributed by atoms with Crippen LogP contribution in [0.4, 0.5) is 0 Å². The van der Waals surface area contributed by atoms with Crippen molar-refractivity contribution >= 4 is 15.5 Å². The number of hydrogen-bond acceptors (Lipinski definition) is 3. The van der Waals surface area contributed by atoms with Crippen molar-refractivity contribution in [1.29, 1.82) is 5.26 Å². The van der Waals surface area contributed by atoms with Gasteiger partial charge in [0.05, 0.1) is 4.92 Å². The Morgan fingerprint density at radius 3 is 1.74 bits per heavy atom. The normalized spacial score (nSPS) is 9.89. The van der Waals surface area contributed by atoms with Crippen molar-refractivity contribution in [2.45, 2.75) is 9.79 Å². The van der Waals surface area contributed by atoms with Gasteiger partial charge in [-0.2, -0.15) is 5.26 Å². The fourth-order valence-corrected chi connectivity index (χ4v) is 3.45. The fourth-order valence-electron chi connectivity index (χ4n) is 1.63. The summed E-state index contributed by atoms with van der Waals surface area (Å²) in [6.45, 7) is 0. The van der Waals surface area contributed by atoms with Crippen LogP contribution >= 0.6 is 10.5 Å². The van der Waals surface area contributed by atoms with Gasteiger partial charge in [-0.05, 0) is 34.7 Å². The van der Waals surface area contributed by atoms with E-state index in [9.17, 15) is 10.1 Å². The third kappa shape index (κ3) is 2.87. The number of nitrogens with zero attached hydrogens (tertiary/aromatic N) is 2. The van der Waals surface area contributed by atoms with Crippen molar-refractivity contribution in [3.05, 3.63) is 70.8 Å². The third-order valence-electron chi connectivity index (χ3n) is 2.41. The van der Waals surface area contributed by atoms with Crippen molar-refractivity contribution < 1.29 is 4.92 Å². The van der Waals surface area contributed by atoms with Gasteiger partial charge < -0.3 is 0 Å². The maximum absolute atomic E-state index is 11.1. The van der Waals surface area contributed by atoms with Gasteiger partial charge in [0.2, 0.25) is 0 Å². The van der Waals surface area contributed by atoms with Crippen LogP contribution in [0.2, 0.25) is 0 Å². The monoisotopic (exact) mass is 270 g/mol. The number of hydrogen-bond donors (Lipinski definition) is 0. The lowest BCUT2D eigenvalue weighted by molar-refractivity contribution is -0.342. The Hall–Kier alpha value is -2.45. The summed E-state index contributed by atoms with van der Waals surface area (Å²) in [6.07, 6.45) is 0. The SMILES string of the molecule is N#CC([N+](=O)[O-])=S(c1ccccc1)c1ccccc1. The summed E-state index contributed by atoms with van der Waals surface area (Å²) in [7, 11) is -0.963. The highest BCUT2D eigenvalue weighted by atomic mass is 32.2. The van der Waals surface area contributed by atoms with E-state index in [1.165, 1.54) is 0 Å². The molecule has 0 radical (unpaired) electrons. The van der Waals surface area contributed by atoms with E-state index in [4.69, 9.17) is 5.26 Å². The molecule has 0 saturated carbocycles. The summed E-state index contributed by atoms with van der Waals surface area (Å²) in [5.74, 6) is 0. The summed E-state index contributed by atoms with van der Waals surface area (Å²) < 4.78 is 0. The first-order chi connectivity index (χ1) is 9.24. The molecule has 94 valence electrons. The number of nitro groups is 1. The molecule has 0 bridgehead atoms. The first kappa shape index (κ1) is 13.0. The molecule has 2 rings (SSSR count). The van der Waals surface area contributed by atoms with Crippen molar-refractivity contribution in [2.24, 2.45) is 0 Å². The molecular weight excluding hydrogens is 260 g/mol. The van der Waals surface area contributed by atoms with Gasteiger partial charge in [-0.1, -0.05) is 36.4 Å². The van der Waals surface area contributed by atoms with Crippen LogP contribution in [0.1, 0.15) is 0 Å². The molecule has 0 unspecified atom stereocenters. The zero-order chi connectivity index (χ0) is 13.7. The lowest BCUT2D eigenvalue weighted by Crippen LogP contribution is -2.09.